The Labute approximate surface area is 121 Å². The number of nitrogens with one attached hydrogen (secondary N) is 1. The van der Waals surface area contributed by atoms with Crippen LogP contribution in [0.25, 0.3) is 0 Å². The molecule has 1 atom stereocenters. The molecule has 110 valence electrons. The molecule has 0 aromatic heterocycles. The predicted octanol–water partition coefficient (Wildman–Crippen LogP) is 2.37. The zero-order valence-electron chi connectivity index (χ0n) is 10.3. The predicted molar refractivity (Wildman–Crippen MR) is 68.5 cm³/mol. The summed E-state index contributed by atoms with van der Waals surface area (Å²) in [5.74, 6) is -1.29. The summed E-state index contributed by atoms with van der Waals surface area (Å²) in [6, 6.07) is 4.02. The Morgan fingerprint density at radius 2 is 2.05 bits per heavy atom. The number of esters is 1. The smallest absolute Gasteiger partial charge is 0.416 e. The third kappa shape index (κ3) is 4.52. The Kier molecular flexibility index (Phi) is 5.55. The standard InChI is InChI=1S/C12H11BrF3NO3/c1-20-11(19)9(13)6-17-10(18)7-3-2-4-8(5-7)12(14,15)16/h2-5,9H,6H2,1H3,(H,17,18). The minimum Gasteiger partial charge on any atom is -0.468 e. The molecule has 0 heterocycles. The quantitative estimate of drug-likeness (QED) is 0.667. The van der Waals surface area contributed by atoms with Crippen molar-refractivity contribution < 1.29 is 27.5 Å². The summed E-state index contributed by atoms with van der Waals surface area (Å²) in [6.45, 7) is -0.0955. The molecular formula is C12H11BrF3NO3. The van der Waals surface area contributed by atoms with Crippen LogP contribution in [0.1, 0.15) is 15.9 Å². The van der Waals surface area contributed by atoms with Gasteiger partial charge in [-0.25, -0.2) is 0 Å². The van der Waals surface area contributed by atoms with Gasteiger partial charge in [0.05, 0.1) is 12.7 Å². The van der Waals surface area contributed by atoms with Crippen molar-refractivity contribution in [3.63, 3.8) is 0 Å². The number of alkyl halides is 4. The van der Waals surface area contributed by atoms with Crippen molar-refractivity contribution in [1.29, 1.82) is 0 Å². The Morgan fingerprint density at radius 1 is 1.40 bits per heavy atom. The summed E-state index contributed by atoms with van der Waals surface area (Å²) in [5, 5.41) is 2.34. The Morgan fingerprint density at radius 3 is 2.60 bits per heavy atom. The zero-order chi connectivity index (χ0) is 15.3. The van der Waals surface area contributed by atoms with Gasteiger partial charge in [-0.15, -0.1) is 0 Å². The van der Waals surface area contributed by atoms with E-state index in [1.165, 1.54) is 13.2 Å². The van der Waals surface area contributed by atoms with Crippen molar-refractivity contribution in [2.75, 3.05) is 13.7 Å². The molecule has 0 radical (unpaired) electrons. The average molecular weight is 354 g/mol. The van der Waals surface area contributed by atoms with Crippen molar-refractivity contribution in [1.82, 2.24) is 5.32 Å². The first-order valence-corrected chi connectivity index (χ1v) is 6.34. The van der Waals surface area contributed by atoms with Crippen molar-refractivity contribution >= 4 is 27.8 Å². The lowest BCUT2D eigenvalue weighted by molar-refractivity contribution is -0.139. The first-order valence-electron chi connectivity index (χ1n) is 5.43. The van der Waals surface area contributed by atoms with Crippen LogP contribution in [-0.4, -0.2) is 30.4 Å². The van der Waals surface area contributed by atoms with E-state index in [4.69, 9.17) is 0 Å². The molecule has 0 aliphatic carbocycles. The van der Waals surface area contributed by atoms with E-state index < -0.39 is 28.4 Å². The summed E-state index contributed by atoms with van der Waals surface area (Å²) in [6.07, 6.45) is -4.51. The van der Waals surface area contributed by atoms with Gasteiger partial charge in [0.2, 0.25) is 0 Å². The number of hydrogen-bond donors (Lipinski definition) is 1. The van der Waals surface area contributed by atoms with Crippen LogP contribution in [0.3, 0.4) is 0 Å². The van der Waals surface area contributed by atoms with Crippen LogP contribution in [0, 0.1) is 0 Å². The van der Waals surface area contributed by atoms with E-state index in [-0.39, 0.29) is 12.1 Å². The SMILES string of the molecule is COC(=O)C(Br)CNC(=O)c1cccc(C(F)(F)F)c1. The van der Waals surface area contributed by atoms with Gasteiger partial charge in [0.25, 0.3) is 5.91 Å². The highest BCUT2D eigenvalue weighted by Crippen LogP contribution is 2.29. The second-order valence-electron chi connectivity index (χ2n) is 3.78. The number of carbonyl (C=O) groups excluding carboxylic acids is 2. The third-order valence-corrected chi connectivity index (χ3v) is 3.05. The highest BCUT2D eigenvalue weighted by atomic mass is 79.9. The summed E-state index contributed by atoms with van der Waals surface area (Å²) >= 11 is 2.98. The van der Waals surface area contributed by atoms with Crippen LogP contribution in [-0.2, 0) is 15.7 Å². The number of rotatable bonds is 4. The third-order valence-electron chi connectivity index (χ3n) is 2.35. The number of hydrogen-bond acceptors (Lipinski definition) is 3. The number of halogens is 4. The summed E-state index contributed by atoms with van der Waals surface area (Å²) in [4.78, 5) is 22.0. The highest BCUT2D eigenvalue weighted by molar-refractivity contribution is 9.10. The maximum atomic E-state index is 12.5. The lowest BCUT2D eigenvalue weighted by atomic mass is 10.1. The summed E-state index contributed by atoms with van der Waals surface area (Å²) in [5.41, 5.74) is -1.04. The van der Waals surface area contributed by atoms with E-state index in [2.05, 4.69) is 26.0 Å². The van der Waals surface area contributed by atoms with Crippen molar-refractivity contribution in [2.24, 2.45) is 0 Å². The first kappa shape index (κ1) is 16.5. The second-order valence-corrected chi connectivity index (χ2v) is 4.88. The Balaban J connectivity index is 2.71. The van der Waals surface area contributed by atoms with Crippen molar-refractivity contribution in [2.45, 2.75) is 11.0 Å². The lowest BCUT2D eigenvalue weighted by Gasteiger charge is -2.11. The van der Waals surface area contributed by atoms with E-state index in [0.717, 1.165) is 18.2 Å². The average Bonchev–Trinajstić information content (AvgIpc) is 2.42. The molecule has 0 bridgehead atoms. The normalized spacial score (nSPS) is 12.7. The number of carbonyl (C=O) groups is 2. The molecule has 1 amide bonds. The number of methoxy groups -OCH3 is 1. The van der Waals surface area contributed by atoms with Crippen LogP contribution in [0.4, 0.5) is 13.2 Å². The maximum Gasteiger partial charge on any atom is 0.416 e. The fourth-order valence-electron chi connectivity index (χ4n) is 1.33. The number of amides is 1. The van der Waals surface area contributed by atoms with Gasteiger partial charge in [-0.3, -0.25) is 9.59 Å². The molecule has 1 aromatic carbocycles. The van der Waals surface area contributed by atoms with E-state index >= 15 is 0 Å². The minimum atomic E-state index is -4.51. The molecule has 0 saturated carbocycles. The van der Waals surface area contributed by atoms with Crippen LogP contribution in [0.15, 0.2) is 24.3 Å². The van der Waals surface area contributed by atoms with Gasteiger partial charge < -0.3 is 10.1 Å². The van der Waals surface area contributed by atoms with Gasteiger partial charge in [0.1, 0.15) is 4.83 Å². The maximum absolute atomic E-state index is 12.5. The molecule has 8 heteroatoms. The van der Waals surface area contributed by atoms with Gasteiger partial charge in [-0.2, -0.15) is 13.2 Å². The number of ether oxygens (including phenoxy) is 1. The van der Waals surface area contributed by atoms with E-state index in [9.17, 15) is 22.8 Å². The molecular weight excluding hydrogens is 343 g/mol. The molecule has 0 fully saturated rings. The van der Waals surface area contributed by atoms with Crippen molar-refractivity contribution in [3.8, 4) is 0 Å². The monoisotopic (exact) mass is 353 g/mol. The number of benzene rings is 1. The molecule has 0 aliphatic rings. The molecule has 1 aromatic rings. The van der Waals surface area contributed by atoms with Crippen LogP contribution in [0.5, 0.6) is 0 Å². The lowest BCUT2D eigenvalue weighted by Crippen LogP contribution is -2.34. The molecule has 1 rings (SSSR count). The fraction of sp³-hybridized carbons (Fsp3) is 0.333. The van der Waals surface area contributed by atoms with Gasteiger partial charge in [-0.1, -0.05) is 22.0 Å². The van der Waals surface area contributed by atoms with Gasteiger partial charge in [-0.05, 0) is 18.2 Å². The van der Waals surface area contributed by atoms with E-state index in [1.54, 1.807) is 0 Å². The molecule has 0 saturated heterocycles. The van der Waals surface area contributed by atoms with Gasteiger partial charge in [0.15, 0.2) is 0 Å². The van der Waals surface area contributed by atoms with E-state index in [0.29, 0.717) is 0 Å². The molecule has 4 nitrogen and oxygen atoms in total. The van der Waals surface area contributed by atoms with Crippen LogP contribution >= 0.6 is 15.9 Å². The largest absolute Gasteiger partial charge is 0.468 e. The second kappa shape index (κ2) is 6.74. The van der Waals surface area contributed by atoms with E-state index in [1.807, 2.05) is 0 Å². The molecule has 0 spiro atoms. The topological polar surface area (TPSA) is 55.4 Å². The summed E-state index contributed by atoms with van der Waals surface area (Å²) in [7, 11) is 1.19. The molecule has 20 heavy (non-hydrogen) atoms. The fourth-order valence-corrected chi connectivity index (χ4v) is 1.68. The summed E-state index contributed by atoms with van der Waals surface area (Å²) < 4.78 is 41.9. The molecule has 1 unspecified atom stereocenters. The van der Waals surface area contributed by atoms with Crippen LogP contribution < -0.4 is 5.32 Å². The van der Waals surface area contributed by atoms with Crippen molar-refractivity contribution in [3.05, 3.63) is 35.4 Å². The Bertz CT molecular complexity index is 505. The molecule has 0 aliphatic heterocycles. The van der Waals surface area contributed by atoms with Gasteiger partial charge in [0, 0.05) is 12.1 Å². The Hall–Kier alpha value is -1.57. The molecule has 1 N–H and O–H groups in total. The zero-order valence-corrected chi connectivity index (χ0v) is 11.9. The minimum absolute atomic E-state index is 0.0955. The highest BCUT2D eigenvalue weighted by Gasteiger charge is 2.30. The van der Waals surface area contributed by atoms with Gasteiger partial charge >= 0.3 is 12.1 Å². The first-order chi connectivity index (χ1) is 9.25. The van der Waals surface area contributed by atoms with Crippen LogP contribution in [0.2, 0.25) is 0 Å².